The minimum absolute atomic E-state index is 0.0722. The molecule has 0 aliphatic carbocycles. The molecule has 0 spiro atoms. The average Bonchev–Trinajstić information content (AvgIpc) is 2.72. The summed E-state index contributed by atoms with van der Waals surface area (Å²) in [5.41, 5.74) is 0.785. The maximum Gasteiger partial charge on any atom is 0.261 e. The van der Waals surface area contributed by atoms with Crippen LogP contribution in [0.2, 0.25) is 10.0 Å². The Bertz CT molecular complexity index is 1140. The number of hydrogen-bond acceptors (Lipinski definition) is 4. The number of anilines is 2. The van der Waals surface area contributed by atoms with Crippen molar-refractivity contribution in [3.63, 3.8) is 0 Å². The van der Waals surface area contributed by atoms with Crippen LogP contribution < -0.4 is 14.8 Å². The molecule has 3 rings (SSSR count). The highest BCUT2D eigenvalue weighted by Crippen LogP contribution is 2.31. The molecule has 3 aromatic rings. The van der Waals surface area contributed by atoms with Gasteiger partial charge in [0.1, 0.15) is 10.8 Å². The van der Waals surface area contributed by atoms with Gasteiger partial charge in [-0.3, -0.25) is 9.52 Å². The van der Waals surface area contributed by atoms with Gasteiger partial charge in [-0.2, -0.15) is 0 Å². The van der Waals surface area contributed by atoms with E-state index in [1.165, 1.54) is 18.2 Å². The topological polar surface area (TPSA) is 84.5 Å². The van der Waals surface area contributed by atoms with Gasteiger partial charge in [0.2, 0.25) is 5.91 Å². The Kier molecular flexibility index (Phi) is 7.20. The summed E-state index contributed by atoms with van der Waals surface area (Å²) in [5.74, 6) is 0.102. The zero-order valence-corrected chi connectivity index (χ0v) is 18.0. The number of nitrogens with one attached hydrogen (secondary N) is 2. The first-order valence-corrected chi connectivity index (χ1v) is 11.1. The fourth-order valence-electron chi connectivity index (χ4n) is 2.55. The number of hydrogen-bond donors (Lipinski definition) is 2. The van der Waals surface area contributed by atoms with E-state index in [0.717, 1.165) is 0 Å². The summed E-state index contributed by atoms with van der Waals surface area (Å²) in [6, 6.07) is 19.5. The zero-order chi connectivity index (χ0) is 21.6. The minimum atomic E-state index is -3.72. The van der Waals surface area contributed by atoms with Crippen molar-refractivity contribution in [2.45, 2.75) is 11.3 Å². The Morgan fingerprint density at radius 3 is 2.37 bits per heavy atom. The third-order valence-electron chi connectivity index (χ3n) is 3.95. The predicted octanol–water partition coefficient (Wildman–Crippen LogP) is 5.20. The van der Waals surface area contributed by atoms with Crippen molar-refractivity contribution in [1.29, 1.82) is 0 Å². The van der Waals surface area contributed by atoms with Gasteiger partial charge >= 0.3 is 0 Å². The Labute approximate surface area is 184 Å². The van der Waals surface area contributed by atoms with E-state index < -0.39 is 10.0 Å². The highest BCUT2D eigenvalue weighted by molar-refractivity contribution is 7.92. The second-order valence-electron chi connectivity index (χ2n) is 6.20. The van der Waals surface area contributed by atoms with E-state index in [1.54, 1.807) is 54.6 Å². The van der Waals surface area contributed by atoms with Crippen LogP contribution in [0.3, 0.4) is 0 Å². The van der Waals surface area contributed by atoms with Crippen LogP contribution in [0.5, 0.6) is 5.75 Å². The van der Waals surface area contributed by atoms with Crippen LogP contribution in [0, 0.1) is 0 Å². The Morgan fingerprint density at radius 1 is 0.900 bits per heavy atom. The molecule has 156 valence electrons. The second-order valence-corrected chi connectivity index (χ2v) is 8.67. The number of sulfonamides is 1. The second kappa shape index (κ2) is 9.84. The van der Waals surface area contributed by atoms with E-state index in [9.17, 15) is 13.2 Å². The van der Waals surface area contributed by atoms with Crippen LogP contribution >= 0.6 is 23.2 Å². The Morgan fingerprint density at radius 2 is 1.60 bits per heavy atom. The number of rotatable bonds is 8. The standard InChI is InChI=1S/C21H18Cl2N2O4S/c22-18-10-5-11-19(21(18)23)29-13-12-20(26)24-15-6-4-7-16(14-15)25-30(27,28)17-8-2-1-3-9-17/h1-11,14,25H,12-13H2,(H,24,26). The van der Waals surface area contributed by atoms with Gasteiger partial charge in [-0.1, -0.05) is 53.5 Å². The monoisotopic (exact) mass is 464 g/mol. The van der Waals surface area contributed by atoms with E-state index in [2.05, 4.69) is 10.0 Å². The lowest BCUT2D eigenvalue weighted by Crippen LogP contribution is -2.16. The highest BCUT2D eigenvalue weighted by Gasteiger charge is 2.14. The van der Waals surface area contributed by atoms with E-state index in [-0.39, 0.29) is 28.9 Å². The molecule has 2 N–H and O–H groups in total. The quantitative estimate of drug-likeness (QED) is 0.479. The Hall–Kier alpha value is -2.74. The molecule has 0 saturated heterocycles. The predicted molar refractivity (Wildman–Crippen MR) is 119 cm³/mol. The lowest BCUT2D eigenvalue weighted by Gasteiger charge is -2.11. The summed E-state index contributed by atoms with van der Waals surface area (Å²) in [4.78, 5) is 12.3. The van der Waals surface area contributed by atoms with Crippen molar-refractivity contribution in [3.05, 3.63) is 82.8 Å². The number of ether oxygens (including phenoxy) is 1. The molecular formula is C21H18Cl2N2O4S. The van der Waals surface area contributed by atoms with Crippen molar-refractivity contribution >= 4 is 50.5 Å². The molecule has 0 aromatic heterocycles. The van der Waals surface area contributed by atoms with Crippen molar-refractivity contribution in [1.82, 2.24) is 0 Å². The maximum atomic E-state index is 12.4. The van der Waals surface area contributed by atoms with E-state index in [0.29, 0.717) is 22.1 Å². The molecule has 0 saturated carbocycles. The molecule has 1 amide bonds. The van der Waals surface area contributed by atoms with Crippen molar-refractivity contribution in [2.75, 3.05) is 16.6 Å². The first-order chi connectivity index (χ1) is 14.3. The van der Waals surface area contributed by atoms with Crippen LogP contribution in [0.4, 0.5) is 11.4 Å². The first kappa shape index (κ1) is 22.0. The van der Waals surface area contributed by atoms with E-state index >= 15 is 0 Å². The van der Waals surface area contributed by atoms with Gasteiger partial charge in [0.15, 0.2) is 0 Å². The number of benzene rings is 3. The van der Waals surface area contributed by atoms with E-state index in [1.807, 2.05) is 0 Å². The minimum Gasteiger partial charge on any atom is -0.491 e. The molecule has 0 unspecified atom stereocenters. The summed E-state index contributed by atoms with van der Waals surface area (Å²) in [7, 11) is -3.72. The highest BCUT2D eigenvalue weighted by atomic mass is 35.5. The molecule has 0 bridgehead atoms. The van der Waals surface area contributed by atoms with Crippen molar-refractivity contribution < 1.29 is 17.9 Å². The number of carbonyl (C=O) groups is 1. The smallest absolute Gasteiger partial charge is 0.261 e. The molecule has 0 radical (unpaired) electrons. The van der Waals surface area contributed by atoms with Crippen LogP contribution in [-0.4, -0.2) is 20.9 Å². The fraction of sp³-hybridized carbons (Fsp3) is 0.0952. The summed E-state index contributed by atoms with van der Waals surface area (Å²) in [6.07, 6.45) is 0.0722. The molecular weight excluding hydrogens is 447 g/mol. The van der Waals surface area contributed by atoms with Crippen LogP contribution in [0.25, 0.3) is 0 Å². The number of carbonyl (C=O) groups excluding carboxylic acids is 1. The normalized spacial score (nSPS) is 11.0. The third kappa shape index (κ3) is 5.89. The van der Waals surface area contributed by atoms with E-state index in [4.69, 9.17) is 27.9 Å². The van der Waals surface area contributed by atoms with Gasteiger partial charge in [0, 0.05) is 5.69 Å². The van der Waals surface area contributed by atoms with Crippen molar-refractivity contribution in [3.8, 4) is 5.75 Å². The van der Waals surface area contributed by atoms with Gasteiger partial charge in [-0.05, 0) is 42.5 Å². The van der Waals surface area contributed by atoms with Gasteiger partial charge < -0.3 is 10.1 Å². The molecule has 3 aromatic carbocycles. The SMILES string of the molecule is O=C(CCOc1cccc(Cl)c1Cl)Nc1cccc(NS(=O)(=O)c2ccccc2)c1. The largest absolute Gasteiger partial charge is 0.491 e. The summed E-state index contributed by atoms with van der Waals surface area (Å²) in [6.45, 7) is 0.103. The lowest BCUT2D eigenvalue weighted by molar-refractivity contribution is -0.116. The molecule has 0 aliphatic rings. The summed E-state index contributed by atoms with van der Waals surface area (Å²) in [5, 5.41) is 3.37. The number of amides is 1. The molecule has 9 heteroatoms. The van der Waals surface area contributed by atoms with Gasteiger partial charge in [0.25, 0.3) is 10.0 Å². The van der Waals surface area contributed by atoms with Gasteiger partial charge in [0.05, 0.1) is 28.6 Å². The average molecular weight is 465 g/mol. The van der Waals surface area contributed by atoms with Crippen molar-refractivity contribution in [2.24, 2.45) is 0 Å². The molecule has 0 heterocycles. The van der Waals surface area contributed by atoms with Gasteiger partial charge in [-0.25, -0.2) is 8.42 Å². The molecule has 0 fully saturated rings. The zero-order valence-electron chi connectivity index (χ0n) is 15.6. The molecule has 6 nitrogen and oxygen atoms in total. The maximum absolute atomic E-state index is 12.4. The molecule has 30 heavy (non-hydrogen) atoms. The number of halogens is 2. The van der Waals surface area contributed by atoms with Gasteiger partial charge in [-0.15, -0.1) is 0 Å². The lowest BCUT2D eigenvalue weighted by atomic mass is 10.2. The van der Waals surface area contributed by atoms with Crippen LogP contribution in [-0.2, 0) is 14.8 Å². The third-order valence-corrected chi connectivity index (χ3v) is 6.15. The fourth-order valence-corrected chi connectivity index (χ4v) is 3.96. The first-order valence-electron chi connectivity index (χ1n) is 8.90. The molecule has 0 aliphatic heterocycles. The Balaban J connectivity index is 1.57. The molecule has 0 atom stereocenters. The summed E-state index contributed by atoms with van der Waals surface area (Å²) < 4.78 is 32.8. The van der Waals surface area contributed by atoms with Crippen LogP contribution in [0.15, 0.2) is 77.7 Å². The summed E-state index contributed by atoms with van der Waals surface area (Å²) >= 11 is 12.0. The van der Waals surface area contributed by atoms with Crippen LogP contribution in [0.1, 0.15) is 6.42 Å².